The molecule has 3 heterocycles. The van der Waals surface area contributed by atoms with Gasteiger partial charge in [0.15, 0.2) is 0 Å². The molecule has 0 saturated carbocycles. The third-order valence-electron chi connectivity index (χ3n) is 6.17. The number of thiophene rings is 1. The first-order valence-corrected chi connectivity index (χ1v) is 12.9. The van der Waals surface area contributed by atoms with E-state index in [1.165, 1.54) is 28.0 Å². The summed E-state index contributed by atoms with van der Waals surface area (Å²) >= 11 is 1.38. The number of benzene rings is 2. The summed E-state index contributed by atoms with van der Waals surface area (Å²) < 4.78 is 14.7. The number of nitrogens with zero attached hydrogens (tertiary/aromatic N) is 4. The van der Waals surface area contributed by atoms with E-state index in [9.17, 15) is 24.1 Å². The van der Waals surface area contributed by atoms with Gasteiger partial charge in [-0.1, -0.05) is 50.2 Å². The average molecular weight is 540 g/mol. The molecule has 38 heavy (non-hydrogen) atoms. The summed E-state index contributed by atoms with van der Waals surface area (Å²) in [5.74, 6) is -0.460. The number of nitro groups is 1. The fourth-order valence-corrected chi connectivity index (χ4v) is 5.17. The van der Waals surface area contributed by atoms with Gasteiger partial charge in [-0.15, -0.1) is 11.3 Å². The average Bonchev–Trinajstić information content (AvgIpc) is 3.47. The number of hydrogen-bond donors (Lipinski definition) is 1. The first-order chi connectivity index (χ1) is 17.9. The van der Waals surface area contributed by atoms with Crippen molar-refractivity contribution < 1.29 is 14.1 Å². The van der Waals surface area contributed by atoms with Gasteiger partial charge in [0.25, 0.3) is 5.91 Å². The van der Waals surface area contributed by atoms with Crippen molar-refractivity contribution in [3.63, 3.8) is 0 Å². The Bertz CT molecular complexity index is 1460. The zero-order valence-corrected chi connectivity index (χ0v) is 22.1. The number of amides is 1. The number of carbonyl (C=O) groups is 1. The van der Waals surface area contributed by atoms with E-state index in [-0.39, 0.29) is 24.3 Å². The molecule has 1 amide bonds. The lowest BCUT2D eigenvalue weighted by atomic mass is 10.1. The van der Waals surface area contributed by atoms with Crippen LogP contribution in [0.4, 0.5) is 15.8 Å². The molecule has 4 aromatic rings. The maximum absolute atomic E-state index is 13.4. The van der Waals surface area contributed by atoms with E-state index < -0.39 is 22.0 Å². The molecular formula is C27H30FN5O4S. The second-order valence-corrected chi connectivity index (χ2v) is 9.19. The van der Waals surface area contributed by atoms with Crippen LogP contribution in [0.1, 0.15) is 29.1 Å². The van der Waals surface area contributed by atoms with Gasteiger partial charge in [-0.3, -0.25) is 24.3 Å². The lowest BCUT2D eigenvalue weighted by molar-refractivity contribution is -0.385. The van der Waals surface area contributed by atoms with E-state index in [0.717, 1.165) is 0 Å². The molecule has 1 saturated heterocycles. The number of pyridine rings is 1. The number of piperazine rings is 1. The molecule has 200 valence electrons. The van der Waals surface area contributed by atoms with Crippen LogP contribution in [0, 0.1) is 15.9 Å². The largest absolute Gasteiger partial charge is 0.362 e. The molecule has 2 aromatic heterocycles. The highest BCUT2D eigenvalue weighted by molar-refractivity contribution is 7.12. The van der Waals surface area contributed by atoms with Crippen LogP contribution in [-0.4, -0.2) is 46.5 Å². The molecule has 3 N–H and O–H groups in total. The molecule has 0 atom stereocenters. The van der Waals surface area contributed by atoms with Crippen LogP contribution in [0.5, 0.6) is 0 Å². The normalized spacial score (nSPS) is 12.9. The van der Waals surface area contributed by atoms with Gasteiger partial charge >= 0.3 is 11.2 Å². The summed E-state index contributed by atoms with van der Waals surface area (Å²) in [4.78, 5) is 41.9. The van der Waals surface area contributed by atoms with Gasteiger partial charge in [-0.2, -0.15) is 0 Å². The van der Waals surface area contributed by atoms with E-state index in [4.69, 9.17) is 0 Å². The van der Waals surface area contributed by atoms with Crippen LogP contribution in [0.25, 0.3) is 10.9 Å². The van der Waals surface area contributed by atoms with Gasteiger partial charge in [0, 0.05) is 31.6 Å². The van der Waals surface area contributed by atoms with Crippen LogP contribution in [0.3, 0.4) is 0 Å². The molecule has 9 nitrogen and oxygen atoms in total. The summed E-state index contributed by atoms with van der Waals surface area (Å²) in [7, 11) is 0. The topological polar surface area (TPSA) is 124 Å². The molecular weight excluding hydrogens is 509 g/mol. The van der Waals surface area contributed by atoms with Gasteiger partial charge in [-0.05, 0) is 35.2 Å². The molecule has 1 aliphatic rings. The van der Waals surface area contributed by atoms with Crippen molar-refractivity contribution in [1.29, 1.82) is 0 Å². The quantitative estimate of drug-likeness (QED) is 0.271. The number of anilines is 1. The molecule has 1 fully saturated rings. The minimum atomic E-state index is -0.717. The number of para-hydroxylation sites is 1. The van der Waals surface area contributed by atoms with Crippen molar-refractivity contribution in [3.8, 4) is 0 Å². The molecule has 0 radical (unpaired) electrons. The highest BCUT2D eigenvalue weighted by Gasteiger charge is 2.32. The fraction of sp³-hybridized carbons (Fsp3) is 0.259. The van der Waals surface area contributed by atoms with Gasteiger partial charge in [0.05, 0.1) is 21.9 Å². The van der Waals surface area contributed by atoms with Crippen LogP contribution in [-0.2, 0) is 6.54 Å². The van der Waals surface area contributed by atoms with Crippen LogP contribution >= 0.6 is 11.3 Å². The summed E-state index contributed by atoms with van der Waals surface area (Å²) in [6.45, 7) is 5.58. The summed E-state index contributed by atoms with van der Waals surface area (Å²) in [5.41, 5.74) is 0.268. The fourth-order valence-electron chi connectivity index (χ4n) is 4.48. The Morgan fingerprint density at radius 3 is 2.26 bits per heavy atom. The Morgan fingerprint density at radius 1 is 1.00 bits per heavy atom. The van der Waals surface area contributed by atoms with Crippen molar-refractivity contribution in [1.82, 2.24) is 15.6 Å². The van der Waals surface area contributed by atoms with E-state index in [1.807, 2.05) is 30.2 Å². The predicted octanol–water partition coefficient (Wildman–Crippen LogP) is 5.31. The number of rotatable bonds is 5. The molecule has 2 aromatic carbocycles. The van der Waals surface area contributed by atoms with Crippen LogP contribution in [0.2, 0.25) is 0 Å². The van der Waals surface area contributed by atoms with Gasteiger partial charge in [-0.25, -0.2) is 4.39 Å². The molecule has 0 unspecified atom stereocenters. The summed E-state index contributed by atoms with van der Waals surface area (Å²) in [6, 6.07) is 16.4. The third kappa shape index (κ3) is 5.58. The second kappa shape index (κ2) is 12.4. The Kier molecular flexibility index (Phi) is 9.32. The highest BCUT2D eigenvalue weighted by Crippen LogP contribution is 2.34. The Balaban J connectivity index is 0.00000130. The molecule has 0 aliphatic carbocycles. The van der Waals surface area contributed by atoms with E-state index in [2.05, 4.69) is 0 Å². The zero-order chi connectivity index (χ0) is 26.5. The van der Waals surface area contributed by atoms with E-state index >= 15 is 0 Å². The van der Waals surface area contributed by atoms with Crippen molar-refractivity contribution in [2.45, 2.75) is 20.4 Å². The molecule has 1 aliphatic heterocycles. The zero-order valence-electron chi connectivity index (χ0n) is 21.3. The smallest absolute Gasteiger partial charge is 0.357 e. The maximum Gasteiger partial charge on any atom is 0.357 e. The number of fused-ring (bicyclic) bond motifs is 1. The van der Waals surface area contributed by atoms with Gasteiger partial charge < -0.3 is 16.0 Å². The SMILES string of the molecule is CC.N.O=C(c1cccs1)N1CCN(c2c([N+](=O)[O-])c(=O)n(Cc3ccc(F)cc3)c3ccccc23)CC1. The number of hydrogen-bond acceptors (Lipinski definition) is 7. The minimum absolute atomic E-state index is 0. The van der Waals surface area contributed by atoms with Crippen molar-refractivity contribution in [2.24, 2.45) is 0 Å². The minimum Gasteiger partial charge on any atom is -0.362 e. The Morgan fingerprint density at radius 2 is 1.66 bits per heavy atom. The van der Waals surface area contributed by atoms with Crippen LogP contribution in [0.15, 0.2) is 70.8 Å². The number of carbonyl (C=O) groups excluding carboxylic acids is 1. The van der Waals surface area contributed by atoms with Gasteiger partial charge in [0.2, 0.25) is 0 Å². The molecule has 0 spiro atoms. The Hall–Kier alpha value is -4.09. The van der Waals surface area contributed by atoms with Crippen molar-refractivity contribution >= 4 is 39.5 Å². The standard InChI is InChI=1S/C25H21FN4O4S.C2H6.H3N/c26-18-9-7-17(8-10-18)16-29-20-5-2-1-4-19(20)22(23(25(29)32)30(33)34)27-11-13-28(14-12-27)24(31)21-6-3-15-35-21;1-2;/h1-10,15H,11-14,16H2;1-2H3;1H3. The lowest BCUT2D eigenvalue weighted by Gasteiger charge is -2.36. The van der Waals surface area contributed by atoms with Crippen LogP contribution < -0.4 is 16.6 Å². The maximum atomic E-state index is 13.4. The number of halogens is 1. The molecule has 5 rings (SSSR count). The van der Waals surface area contributed by atoms with Crippen molar-refractivity contribution in [2.75, 3.05) is 31.1 Å². The summed E-state index contributed by atoms with van der Waals surface area (Å²) in [6.07, 6.45) is 0. The first kappa shape index (κ1) is 28.5. The molecule has 11 heteroatoms. The Labute approximate surface area is 223 Å². The highest BCUT2D eigenvalue weighted by atomic mass is 32.1. The first-order valence-electron chi connectivity index (χ1n) is 12.1. The van der Waals surface area contributed by atoms with Crippen molar-refractivity contribution in [3.05, 3.63) is 103 Å². The van der Waals surface area contributed by atoms with E-state index in [0.29, 0.717) is 47.5 Å². The predicted molar refractivity (Wildman–Crippen MR) is 149 cm³/mol. The van der Waals surface area contributed by atoms with E-state index in [1.54, 1.807) is 47.4 Å². The van der Waals surface area contributed by atoms with Gasteiger partial charge in [0.1, 0.15) is 11.5 Å². The summed E-state index contributed by atoms with van der Waals surface area (Å²) in [5, 5.41) is 14.6. The number of aromatic nitrogens is 1. The second-order valence-electron chi connectivity index (χ2n) is 8.25. The monoisotopic (exact) mass is 539 g/mol. The third-order valence-corrected chi connectivity index (χ3v) is 7.03. The molecule has 0 bridgehead atoms. The lowest BCUT2D eigenvalue weighted by Crippen LogP contribution is -2.49.